The van der Waals surface area contributed by atoms with E-state index in [2.05, 4.69) is 10.6 Å². The van der Waals surface area contributed by atoms with E-state index in [1.165, 1.54) is 11.3 Å². The van der Waals surface area contributed by atoms with Crippen LogP contribution >= 0.6 is 11.3 Å². The van der Waals surface area contributed by atoms with Crippen LogP contribution in [0.25, 0.3) is 0 Å². The number of aliphatic hydroxyl groups is 2. The first-order valence-corrected chi connectivity index (χ1v) is 8.29. The molecule has 6 nitrogen and oxygen atoms in total. The molecule has 0 aliphatic rings. The van der Waals surface area contributed by atoms with Crippen LogP contribution in [-0.2, 0) is 0 Å². The zero-order valence-electron chi connectivity index (χ0n) is 13.5. The highest BCUT2D eigenvalue weighted by Gasteiger charge is 2.21. The lowest BCUT2D eigenvalue weighted by Crippen LogP contribution is -2.34. The van der Waals surface area contributed by atoms with Crippen LogP contribution in [0.4, 0.5) is 5.00 Å². The summed E-state index contributed by atoms with van der Waals surface area (Å²) in [5.74, 6) is -0.686. The molecule has 7 heteroatoms. The lowest BCUT2D eigenvalue weighted by atomic mass is 10.1. The molecular formula is C17H20N2O4S. The van der Waals surface area contributed by atoms with Gasteiger partial charge in [0.1, 0.15) is 5.00 Å². The highest BCUT2D eigenvalue weighted by atomic mass is 32.1. The van der Waals surface area contributed by atoms with Crippen molar-refractivity contribution in [3.8, 4) is 0 Å². The number of benzene rings is 1. The number of aliphatic hydroxyl groups excluding tert-OH is 2. The summed E-state index contributed by atoms with van der Waals surface area (Å²) in [4.78, 5) is 25.6. The molecule has 0 aliphatic heterocycles. The number of thiophene rings is 1. The molecule has 0 radical (unpaired) electrons. The lowest BCUT2D eigenvalue weighted by molar-refractivity contribution is 0.0802. The monoisotopic (exact) mass is 348 g/mol. The van der Waals surface area contributed by atoms with Gasteiger partial charge in [-0.05, 0) is 31.5 Å². The van der Waals surface area contributed by atoms with Crippen molar-refractivity contribution in [1.29, 1.82) is 0 Å². The molecule has 0 fully saturated rings. The third-order valence-corrected chi connectivity index (χ3v) is 4.71. The average Bonchev–Trinajstić information content (AvgIpc) is 2.87. The highest BCUT2D eigenvalue weighted by molar-refractivity contribution is 7.16. The van der Waals surface area contributed by atoms with Gasteiger partial charge in [0.15, 0.2) is 0 Å². The number of aryl methyl sites for hydroxylation is 1. The molecule has 0 saturated heterocycles. The van der Waals surface area contributed by atoms with E-state index < -0.39 is 18.6 Å². The highest BCUT2D eigenvalue weighted by Crippen LogP contribution is 2.32. The number of hydrogen-bond donors (Lipinski definition) is 4. The second-order valence-corrected chi connectivity index (χ2v) is 6.58. The third kappa shape index (κ3) is 4.19. The molecule has 1 aromatic carbocycles. The molecule has 24 heavy (non-hydrogen) atoms. The molecule has 2 aromatic rings. The van der Waals surface area contributed by atoms with E-state index in [1.54, 1.807) is 31.2 Å². The van der Waals surface area contributed by atoms with Crippen LogP contribution in [-0.4, -0.2) is 41.3 Å². The number of hydrogen-bond acceptors (Lipinski definition) is 5. The fourth-order valence-electron chi connectivity index (χ4n) is 2.12. The molecule has 1 aromatic heterocycles. The van der Waals surface area contributed by atoms with E-state index in [9.17, 15) is 14.7 Å². The number of carbonyl (C=O) groups is 2. The predicted molar refractivity (Wildman–Crippen MR) is 93.6 cm³/mol. The minimum Gasteiger partial charge on any atom is -0.394 e. The van der Waals surface area contributed by atoms with Crippen molar-refractivity contribution in [3.05, 3.63) is 51.9 Å². The Kier molecular flexibility index (Phi) is 6.08. The second-order valence-electron chi connectivity index (χ2n) is 5.35. The van der Waals surface area contributed by atoms with Gasteiger partial charge in [-0.1, -0.05) is 18.2 Å². The second kappa shape index (κ2) is 8.05. The lowest BCUT2D eigenvalue weighted by Gasteiger charge is -2.11. The zero-order valence-corrected chi connectivity index (χ0v) is 14.3. The largest absolute Gasteiger partial charge is 0.394 e. The van der Waals surface area contributed by atoms with E-state index >= 15 is 0 Å². The van der Waals surface area contributed by atoms with Gasteiger partial charge >= 0.3 is 0 Å². The van der Waals surface area contributed by atoms with Crippen LogP contribution in [0.3, 0.4) is 0 Å². The fraction of sp³-hybridized carbons (Fsp3) is 0.294. The van der Waals surface area contributed by atoms with Crippen molar-refractivity contribution in [1.82, 2.24) is 5.32 Å². The molecule has 0 spiro atoms. The van der Waals surface area contributed by atoms with Gasteiger partial charge in [0.2, 0.25) is 0 Å². The van der Waals surface area contributed by atoms with E-state index in [4.69, 9.17) is 5.11 Å². The van der Waals surface area contributed by atoms with Gasteiger partial charge in [-0.25, -0.2) is 0 Å². The number of anilines is 1. The molecule has 128 valence electrons. The van der Waals surface area contributed by atoms with E-state index in [0.717, 1.165) is 10.4 Å². The molecule has 0 bridgehead atoms. The molecule has 2 rings (SSSR count). The SMILES string of the molecule is Cc1sc(NC(=O)c2ccccc2)c(C(=O)NC[C@@H](O)CO)c1C. The van der Waals surface area contributed by atoms with Crippen molar-refractivity contribution >= 4 is 28.2 Å². The first-order valence-electron chi connectivity index (χ1n) is 7.47. The number of amides is 2. The van der Waals surface area contributed by atoms with Crippen LogP contribution in [0, 0.1) is 13.8 Å². The van der Waals surface area contributed by atoms with Crippen LogP contribution in [0.2, 0.25) is 0 Å². The Morgan fingerprint density at radius 3 is 2.46 bits per heavy atom. The maximum absolute atomic E-state index is 12.4. The van der Waals surface area contributed by atoms with Crippen LogP contribution in [0.5, 0.6) is 0 Å². The number of nitrogens with one attached hydrogen (secondary N) is 2. The summed E-state index contributed by atoms with van der Waals surface area (Å²) in [5.41, 5.74) is 1.66. The van der Waals surface area contributed by atoms with E-state index in [-0.39, 0.29) is 12.5 Å². The Labute approximate surface area is 144 Å². The molecular weight excluding hydrogens is 328 g/mol. The Morgan fingerprint density at radius 2 is 1.83 bits per heavy atom. The van der Waals surface area contributed by atoms with Crippen molar-refractivity contribution < 1.29 is 19.8 Å². The minimum atomic E-state index is -1.02. The zero-order chi connectivity index (χ0) is 17.7. The summed E-state index contributed by atoms with van der Waals surface area (Å²) < 4.78 is 0. The first-order chi connectivity index (χ1) is 11.4. The summed E-state index contributed by atoms with van der Waals surface area (Å²) >= 11 is 1.33. The Hall–Kier alpha value is -2.22. The number of rotatable bonds is 6. The van der Waals surface area contributed by atoms with Gasteiger partial charge in [0.25, 0.3) is 11.8 Å². The van der Waals surface area contributed by atoms with Crippen LogP contribution < -0.4 is 10.6 Å². The van der Waals surface area contributed by atoms with Gasteiger partial charge < -0.3 is 20.8 Å². The number of carbonyl (C=O) groups excluding carboxylic acids is 2. The maximum Gasteiger partial charge on any atom is 0.256 e. The van der Waals surface area contributed by atoms with Gasteiger partial charge in [-0.3, -0.25) is 9.59 Å². The molecule has 4 N–H and O–H groups in total. The van der Waals surface area contributed by atoms with Gasteiger partial charge in [0, 0.05) is 17.0 Å². The predicted octanol–water partition coefficient (Wildman–Crippen LogP) is 1.70. The average molecular weight is 348 g/mol. The normalized spacial score (nSPS) is 11.8. The van der Waals surface area contributed by atoms with Crippen molar-refractivity contribution in [2.24, 2.45) is 0 Å². The standard InChI is InChI=1S/C17H20N2O4S/c1-10-11(2)24-17(14(10)16(23)18-8-13(21)9-20)19-15(22)12-6-4-3-5-7-12/h3-7,13,20-21H,8-9H2,1-2H3,(H,18,23)(H,19,22)/t13-/m1/s1. The summed E-state index contributed by atoms with van der Waals surface area (Å²) in [6.07, 6.45) is -1.02. The minimum absolute atomic E-state index is 0.0598. The van der Waals surface area contributed by atoms with Crippen molar-refractivity contribution in [2.45, 2.75) is 20.0 Å². The van der Waals surface area contributed by atoms with Crippen molar-refractivity contribution in [2.75, 3.05) is 18.5 Å². The van der Waals surface area contributed by atoms with Crippen LogP contribution in [0.1, 0.15) is 31.2 Å². The molecule has 1 atom stereocenters. The Morgan fingerprint density at radius 1 is 1.17 bits per heavy atom. The molecule has 2 amide bonds. The topological polar surface area (TPSA) is 98.7 Å². The van der Waals surface area contributed by atoms with Crippen molar-refractivity contribution in [3.63, 3.8) is 0 Å². The van der Waals surface area contributed by atoms with E-state index in [1.807, 2.05) is 13.0 Å². The first kappa shape index (κ1) is 18.1. The Bertz CT molecular complexity index is 728. The molecule has 0 aliphatic carbocycles. The van der Waals surface area contributed by atoms with Crippen LogP contribution in [0.15, 0.2) is 30.3 Å². The van der Waals surface area contributed by atoms with E-state index in [0.29, 0.717) is 16.1 Å². The summed E-state index contributed by atoms with van der Waals surface area (Å²) in [5, 5.41) is 24.0. The summed E-state index contributed by atoms with van der Waals surface area (Å²) in [6, 6.07) is 8.75. The fourth-order valence-corrected chi connectivity index (χ4v) is 3.17. The Balaban J connectivity index is 2.20. The summed E-state index contributed by atoms with van der Waals surface area (Å²) in [6.45, 7) is 3.19. The van der Waals surface area contributed by atoms with Gasteiger partial charge in [-0.15, -0.1) is 11.3 Å². The van der Waals surface area contributed by atoms with Gasteiger partial charge in [-0.2, -0.15) is 0 Å². The van der Waals surface area contributed by atoms with Gasteiger partial charge in [0.05, 0.1) is 18.3 Å². The third-order valence-electron chi connectivity index (χ3n) is 3.58. The quantitative estimate of drug-likeness (QED) is 0.638. The molecule has 1 heterocycles. The molecule has 0 saturated carbocycles. The molecule has 0 unspecified atom stereocenters. The maximum atomic E-state index is 12.4. The smallest absolute Gasteiger partial charge is 0.256 e. The summed E-state index contributed by atoms with van der Waals surface area (Å²) in [7, 11) is 0.